The number of nitrogen functional groups attached to an aromatic ring is 1. The summed E-state index contributed by atoms with van der Waals surface area (Å²) in [6.07, 6.45) is 0. The van der Waals surface area contributed by atoms with Crippen LogP contribution >= 0.6 is 11.6 Å². The number of esters is 1. The van der Waals surface area contributed by atoms with Crippen molar-refractivity contribution in [3.05, 3.63) is 61.0 Å². The highest BCUT2D eigenvalue weighted by molar-refractivity contribution is 6.33. The molecule has 0 radical (unpaired) electrons. The fourth-order valence-electron chi connectivity index (χ4n) is 1.84. The van der Waals surface area contributed by atoms with Crippen LogP contribution in [0.25, 0.3) is 0 Å². The maximum Gasteiger partial charge on any atom is 0.340 e. The van der Waals surface area contributed by atoms with Crippen LogP contribution in [0.4, 0.5) is 10.2 Å². The molecule has 1 aromatic heterocycles. The van der Waals surface area contributed by atoms with E-state index in [1.165, 1.54) is 7.05 Å². The monoisotopic (exact) mass is 355 g/mol. The summed E-state index contributed by atoms with van der Waals surface area (Å²) in [5.74, 6) is -2.88. The minimum Gasteiger partial charge on any atom is -0.454 e. The van der Waals surface area contributed by atoms with E-state index in [-0.39, 0.29) is 16.4 Å². The second kappa shape index (κ2) is 6.67. The number of nitrogens with two attached hydrogens (primary N) is 1. The SMILES string of the molecule is Cn1c(N)c(C(=O)COC(=O)c2ccc(F)cc2Cl)c(=O)[nH]c1=O. The lowest BCUT2D eigenvalue weighted by molar-refractivity contribution is 0.0474. The van der Waals surface area contributed by atoms with E-state index >= 15 is 0 Å². The Labute approximate surface area is 138 Å². The van der Waals surface area contributed by atoms with Crippen molar-refractivity contribution >= 4 is 29.2 Å². The molecule has 0 saturated carbocycles. The molecule has 24 heavy (non-hydrogen) atoms. The molecule has 10 heteroatoms. The maximum atomic E-state index is 12.9. The normalized spacial score (nSPS) is 10.5. The fraction of sp³-hybridized carbons (Fsp3) is 0.143. The molecular formula is C14H11ClFN3O5. The Morgan fingerprint density at radius 3 is 2.67 bits per heavy atom. The van der Waals surface area contributed by atoms with E-state index in [2.05, 4.69) is 0 Å². The zero-order valence-electron chi connectivity index (χ0n) is 12.3. The minimum absolute atomic E-state index is 0.145. The summed E-state index contributed by atoms with van der Waals surface area (Å²) in [6.45, 7) is -0.808. The van der Waals surface area contributed by atoms with E-state index < -0.39 is 41.0 Å². The third-order valence-corrected chi connectivity index (χ3v) is 3.45. The second-order valence-electron chi connectivity index (χ2n) is 4.70. The van der Waals surface area contributed by atoms with Gasteiger partial charge in [0.2, 0.25) is 5.78 Å². The fourth-order valence-corrected chi connectivity index (χ4v) is 2.09. The molecule has 2 aromatic rings. The average Bonchev–Trinajstić information content (AvgIpc) is 2.50. The van der Waals surface area contributed by atoms with Gasteiger partial charge in [0.25, 0.3) is 5.56 Å². The highest BCUT2D eigenvalue weighted by atomic mass is 35.5. The molecule has 0 saturated heterocycles. The number of hydrogen-bond donors (Lipinski definition) is 2. The van der Waals surface area contributed by atoms with Crippen molar-refractivity contribution in [3.63, 3.8) is 0 Å². The predicted octanol–water partition coefficient (Wildman–Crippen LogP) is 0.488. The number of anilines is 1. The molecule has 1 heterocycles. The summed E-state index contributed by atoms with van der Waals surface area (Å²) in [7, 11) is 1.26. The van der Waals surface area contributed by atoms with Crippen molar-refractivity contribution in [1.29, 1.82) is 0 Å². The lowest BCUT2D eigenvalue weighted by atomic mass is 10.2. The summed E-state index contributed by atoms with van der Waals surface area (Å²) in [4.78, 5) is 48.8. The molecular weight excluding hydrogens is 345 g/mol. The summed E-state index contributed by atoms with van der Waals surface area (Å²) < 4.78 is 18.6. The Balaban J connectivity index is 2.20. The first-order valence-corrected chi connectivity index (χ1v) is 6.84. The van der Waals surface area contributed by atoms with Crippen molar-refractivity contribution in [2.75, 3.05) is 12.3 Å². The Morgan fingerprint density at radius 1 is 1.38 bits per heavy atom. The van der Waals surface area contributed by atoms with Crippen molar-refractivity contribution in [3.8, 4) is 0 Å². The van der Waals surface area contributed by atoms with E-state index in [1.807, 2.05) is 4.98 Å². The van der Waals surface area contributed by atoms with Gasteiger partial charge < -0.3 is 10.5 Å². The van der Waals surface area contributed by atoms with Gasteiger partial charge in [-0.25, -0.2) is 14.0 Å². The molecule has 1 aromatic carbocycles. The van der Waals surface area contributed by atoms with E-state index in [9.17, 15) is 23.6 Å². The van der Waals surface area contributed by atoms with Gasteiger partial charge in [-0.1, -0.05) is 11.6 Å². The highest BCUT2D eigenvalue weighted by Crippen LogP contribution is 2.18. The molecule has 0 aliphatic rings. The lowest BCUT2D eigenvalue weighted by Crippen LogP contribution is -2.35. The standard InChI is InChI=1S/C14H11ClFN3O5/c1-19-11(17)10(12(21)18-14(19)23)9(20)5-24-13(22)7-3-2-6(16)4-8(7)15/h2-4H,5,17H2,1H3,(H,18,21,23). The van der Waals surface area contributed by atoms with Crippen molar-refractivity contribution in [2.24, 2.45) is 7.05 Å². The number of halogens is 2. The summed E-state index contributed by atoms with van der Waals surface area (Å²) in [5.41, 5.74) is 3.14. The first kappa shape index (κ1) is 17.4. The van der Waals surface area contributed by atoms with E-state index in [4.69, 9.17) is 22.1 Å². The number of ether oxygens (including phenoxy) is 1. The summed E-state index contributed by atoms with van der Waals surface area (Å²) in [6, 6.07) is 3.01. The third-order valence-electron chi connectivity index (χ3n) is 3.13. The molecule has 0 aliphatic heterocycles. The van der Waals surface area contributed by atoms with Gasteiger partial charge in [-0.15, -0.1) is 0 Å². The van der Waals surface area contributed by atoms with E-state index in [0.717, 1.165) is 22.8 Å². The van der Waals surface area contributed by atoms with Gasteiger partial charge >= 0.3 is 11.7 Å². The van der Waals surface area contributed by atoms with E-state index in [1.54, 1.807) is 0 Å². The Morgan fingerprint density at radius 2 is 2.04 bits per heavy atom. The molecule has 0 unspecified atom stereocenters. The maximum absolute atomic E-state index is 12.9. The van der Waals surface area contributed by atoms with Gasteiger partial charge in [-0.2, -0.15) is 0 Å². The van der Waals surface area contributed by atoms with Crippen LogP contribution in [0.2, 0.25) is 5.02 Å². The predicted molar refractivity (Wildman–Crippen MR) is 82.7 cm³/mol. The van der Waals surface area contributed by atoms with E-state index in [0.29, 0.717) is 0 Å². The number of nitrogens with zero attached hydrogens (tertiary/aromatic N) is 1. The molecule has 0 fully saturated rings. The number of hydrogen-bond acceptors (Lipinski definition) is 6. The number of aromatic nitrogens is 2. The van der Waals surface area contributed by atoms with Crippen molar-refractivity contribution in [2.45, 2.75) is 0 Å². The number of carbonyl (C=O) groups is 2. The molecule has 3 N–H and O–H groups in total. The molecule has 8 nitrogen and oxygen atoms in total. The van der Waals surface area contributed by atoms with Crippen LogP contribution in [0, 0.1) is 5.82 Å². The number of rotatable bonds is 4. The summed E-state index contributed by atoms with van der Waals surface area (Å²) in [5, 5.41) is -0.188. The molecule has 126 valence electrons. The van der Waals surface area contributed by atoms with Crippen LogP contribution in [0.1, 0.15) is 20.7 Å². The molecule has 0 spiro atoms. The highest BCUT2D eigenvalue weighted by Gasteiger charge is 2.20. The number of carbonyl (C=O) groups excluding carboxylic acids is 2. The molecule has 0 atom stereocenters. The van der Waals surface area contributed by atoms with Gasteiger partial charge in [0.05, 0.1) is 10.6 Å². The Kier molecular flexibility index (Phi) is 4.84. The molecule has 2 rings (SSSR count). The molecule has 0 bridgehead atoms. The number of H-pyrrole nitrogens is 1. The smallest absolute Gasteiger partial charge is 0.340 e. The quantitative estimate of drug-likeness (QED) is 0.607. The Bertz CT molecular complexity index is 950. The van der Waals surface area contributed by atoms with Crippen LogP contribution in [0.5, 0.6) is 0 Å². The van der Waals surface area contributed by atoms with Crippen LogP contribution in [0.3, 0.4) is 0 Å². The number of aromatic amines is 1. The van der Waals surface area contributed by atoms with Gasteiger partial charge in [0, 0.05) is 7.05 Å². The molecule has 0 amide bonds. The Hall–Kier alpha value is -2.94. The molecule has 0 aliphatic carbocycles. The lowest BCUT2D eigenvalue weighted by Gasteiger charge is -2.09. The van der Waals surface area contributed by atoms with Crippen molar-refractivity contribution in [1.82, 2.24) is 9.55 Å². The van der Waals surface area contributed by atoms with Crippen LogP contribution in [0.15, 0.2) is 27.8 Å². The zero-order chi connectivity index (χ0) is 18.0. The minimum atomic E-state index is -0.989. The third kappa shape index (κ3) is 3.35. The van der Waals surface area contributed by atoms with Gasteiger partial charge in [-0.3, -0.25) is 19.1 Å². The largest absolute Gasteiger partial charge is 0.454 e. The number of Topliss-reactive ketones (excluding diaryl/α,β-unsaturated/α-hetero) is 1. The number of ketones is 1. The van der Waals surface area contributed by atoms with Gasteiger partial charge in [0.15, 0.2) is 6.61 Å². The first-order chi connectivity index (χ1) is 11.2. The number of nitrogens with one attached hydrogen (secondary N) is 1. The van der Waals surface area contributed by atoms with Gasteiger partial charge in [-0.05, 0) is 18.2 Å². The first-order valence-electron chi connectivity index (χ1n) is 6.46. The topological polar surface area (TPSA) is 124 Å². The van der Waals surface area contributed by atoms with Crippen molar-refractivity contribution < 1.29 is 18.7 Å². The average molecular weight is 356 g/mol. The zero-order valence-corrected chi connectivity index (χ0v) is 13.0. The van der Waals surface area contributed by atoms with Crippen LogP contribution < -0.4 is 17.0 Å². The summed E-state index contributed by atoms with van der Waals surface area (Å²) >= 11 is 5.71. The van der Waals surface area contributed by atoms with Gasteiger partial charge in [0.1, 0.15) is 17.2 Å². The van der Waals surface area contributed by atoms with Crippen LogP contribution in [-0.2, 0) is 11.8 Å². The van der Waals surface area contributed by atoms with Crippen LogP contribution in [-0.4, -0.2) is 27.9 Å². The second-order valence-corrected chi connectivity index (χ2v) is 5.11. The number of benzene rings is 1.